The van der Waals surface area contributed by atoms with Crippen LogP contribution in [0.2, 0.25) is 0 Å². The summed E-state index contributed by atoms with van der Waals surface area (Å²) in [6, 6.07) is 13.0. The van der Waals surface area contributed by atoms with Gasteiger partial charge in [-0.1, -0.05) is 0 Å². The monoisotopic (exact) mass is 351 g/mol. The number of aromatic nitrogens is 2. The second kappa shape index (κ2) is 6.63. The lowest BCUT2D eigenvalue weighted by Crippen LogP contribution is -2.13. The van der Waals surface area contributed by atoms with Gasteiger partial charge in [-0.05, 0) is 61.4 Å². The van der Waals surface area contributed by atoms with Gasteiger partial charge >= 0.3 is 0 Å². The van der Waals surface area contributed by atoms with E-state index >= 15 is 0 Å². The van der Waals surface area contributed by atoms with Crippen molar-refractivity contribution in [3.63, 3.8) is 0 Å². The Morgan fingerprint density at radius 2 is 1.85 bits per heavy atom. The molecule has 4 rings (SSSR count). The summed E-state index contributed by atoms with van der Waals surface area (Å²) in [4.78, 5) is 12.7. The number of hydrogen-bond donors (Lipinski definition) is 2. The highest BCUT2D eigenvalue weighted by Gasteiger charge is 2.31. The number of aromatic amines is 1. The number of rotatable bonds is 5. The van der Waals surface area contributed by atoms with E-state index < -0.39 is 0 Å². The average Bonchev–Trinajstić information content (AvgIpc) is 3.43. The summed E-state index contributed by atoms with van der Waals surface area (Å²) in [6.07, 6.45) is 2.13. The Morgan fingerprint density at radius 3 is 2.46 bits per heavy atom. The highest BCUT2D eigenvalue weighted by atomic mass is 19.1. The molecule has 1 heterocycles. The van der Waals surface area contributed by atoms with E-state index in [0.717, 1.165) is 24.1 Å². The average molecular weight is 351 g/mol. The molecule has 2 N–H and O–H groups in total. The molecule has 1 saturated carbocycles. The Bertz CT molecular complexity index is 929. The zero-order valence-electron chi connectivity index (χ0n) is 14.3. The van der Waals surface area contributed by atoms with Crippen LogP contribution in [-0.2, 0) is 0 Å². The molecule has 2 aromatic carbocycles. The number of carbonyl (C=O) groups excluding carboxylic acids is 1. The Labute approximate surface area is 150 Å². The van der Waals surface area contributed by atoms with E-state index in [1.54, 1.807) is 43.5 Å². The number of nitrogens with zero attached hydrogens (tertiary/aromatic N) is 1. The van der Waals surface area contributed by atoms with Crippen molar-refractivity contribution >= 4 is 11.6 Å². The summed E-state index contributed by atoms with van der Waals surface area (Å²) in [7, 11) is 1.58. The third kappa shape index (κ3) is 3.18. The van der Waals surface area contributed by atoms with Gasteiger partial charge in [0, 0.05) is 17.0 Å². The molecule has 1 aromatic heterocycles. The first kappa shape index (κ1) is 16.3. The molecular weight excluding hydrogens is 333 g/mol. The molecule has 0 bridgehead atoms. The van der Waals surface area contributed by atoms with E-state index in [0.29, 0.717) is 28.6 Å². The molecule has 1 aliphatic carbocycles. The van der Waals surface area contributed by atoms with Crippen LogP contribution in [0.4, 0.5) is 10.1 Å². The van der Waals surface area contributed by atoms with Crippen LogP contribution < -0.4 is 10.1 Å². The minimum absolute atomic E-state index is 0.223. The van der Waals surface area contributed by atoms with Gasteiger partial charge in [0.1, 0.15) is 17.3 Å². The van der Waals surface area contributed by atoms with Gasteiger partial charge in [-0.3, -0.25) is 9.89 Å². The predicted octanol–water partition coefficient (Wildman–Crippen LogP) is 4.35. The number of halogens is 1. The number of benzene rings is 2. The summed E-state index contributed by atoms with van der Waals surface area (Å²) in [5, 5.41) is 10.4. The van der Waals surface area contributed by atoms with E-state index in [1.165, 1.54) is 12.1 Å². The Balaban J connectivity index is 1.66. The lowest BCUT2D eigenvalue weighted by atomic mass is 10.1. The quantitative estimate of drug-likeness (QED) is 0.718. The standard InChI is InChI=1S/C20H18FN3O2/c1-26-16-10-6-14(7-11-16)20(25)22-19-17(12-2-3-12)23-24-18(19)13-4-8-15(21)9-5-13/h4-12H,2-3H2,1H3,(H,22,25)(H,23,24). The number of carbonyl (C=O) groups is 1. The van der Waals surface area contributed by atoms with Gasteiger partial charge in [0.25, 0.3) is 5.91 Å². The Hall–Kier alpha value is -3.15. The summed E-state index contributed by atoms with van der Waals surface area (Å²) in [5.74, 6) is 0.535. The molecule has 3 aromatic rings. The second-order valence-electron chi connectivity index (χ2n) is 6.32. The van der Waals surface area contributed by atoms with Crippen molar-refractivity contribution in [1.29, 1.82) is 0 Å². The van der Waals surface area contributed by atoms with Crippen LogP contribution in [0.3, 0.4) is 0 Å². The van der Waals surface area contributed by atoms with Gasteiger partial charge in [0.15, 0.2) is 0 Å². The molecule has 0 saturated heterocycles. The topological polar surface area (TPSA) is 67.0 Å². The number of methoxy groups -OCH3 is 1. The molecular formula is C20H18FN3O2. The van der Waals surface area contributed by atoms with E-state index in [-0.39, 0.29) is 11.7 Å². The van der Waals surface area contributed by atoms with Gasteiger partial charge in [0.2, 0.25) is 0 Å². The number of hydrogen-bond acceptors (Lipinski definition) is 3. The van der Waals surface area contributed by atoms with Crippen LogP contribution in [-0.4, -0.2) is 23.2 Å². The van der Waals surface area contributed by atoms with Crippen molar-refractivity contribution in [2.75, 3.05) is 12.4 Å². The fourth-order valence-corrected chi connectivity index (χ4v) is 2.89. The van der Waals surface area contributed by atoms with Gasteiger partial charge in [-0.2, -0.15) is 5.10 Å². The largest absolute Gasteiger partial charge is 0.497 e. The predicted molar refractivity (Wildman–Crippen MR) is 96.9 cm³/mol. The van der Waals surface area contributed by atoms with Crippen LogP contribution in [0.15, 0.2) is 48.5 Å². The third-order valence-electron chi connectivity index (χ3n) is 4.49. The van der Waals surface area contributed by atoms with Crippen molar-refractivity contribution < 1.29 is 13.9 Å². The molecule has 132 valence electrons. The zero-order chi connectivity index (χ0) is 18.1. The van der Waals surface area contributed by atoms with Crippen molar-refractivity contribution in [3.05, 3.63) is 65.6 Å². The highest BCUT2D eigenvalue weighted by Crippen LogP contribution is 2.45. The number of H-pyrrole nitrogens is 1. The van der Waals surface area contributed by atoms with Crippen molar-refractivity contribution in [2.45, 2.75) is 18.8 Å². The van der Waals surface area contributed by atoms with Crippen LogP contribution >= 0.6 is 0 Å². The Kier molecular flexibility index (Phi) is 4.16. The molecule has 0 radical (unpaired) electrons. The number of nitrogens with one attached hydrogen (secondary N) is 2. The van der Waals surface area contributed by atoms with Crippen LogP contribution in [0.5, 0.6) is 5.75 Å². The Morgan fingerprint density at radius 1 is 1.15 bits per heavy atom. The molecule has 1 fully saturated rings. The molecule has 1 amide bonds. The van der Waals surface area contributed by atoms with E-state index in [2.05, 4.69) is 15.5 Å². The third-order valence-corrected chi connectivity index (χ3v) is 4.49. The lowest BCUT2D eigenvalue weighted by Gasteiger charge is -2.09. The molecule has 26 heavy (non-hydrogen) atoms. The number of anilines is 1. The first-order valence-corrected chi connectivity index (χ1v) is 8.45. The van der Waals surface area contributed by atoms with Crippen LogP contribution in [0.25, 0.3) is 11.3 Å². The minimum Gasteiger partial charge on any atom is -0.497 e. The maximum absolute atomic E-state index is 13.2. The van der Waals surface area contributed by atoms with Crippen LogP contribution in [0.1, 0.15) is 34.8 Å². The SMILES string of the molecule is COc1ccc(C(=O)Nc2c(-c3ccc(F)cc3)n[nH]c2C2CC2)cc1. The number of ether oxygens (including phenoxy) is 1. The highest BCUT2D eigenvalue weighted by molar-refractivity contribution is 6.06. The van der Waals surface area contributed by atoms with Crippen LogP contribution in [0, 0.1) is 5.82 Å². The molecule has 0 aliphatic heterocycles. The normalized spacial score (nSPS) is 13.5. The minimum atomic E-state index is -0.310. The molecule has 5 nitrogen and oxygen atoms in total. The maximum Gasteiger partial charge on any atom is 0.255 e. The van der Waals surface area contributed by atoms with E-state index in [1.807, 2.05) is 0 Å². The van der Waals surface area contributed by atoms with Gasteiger partial charge in [0.05, 0.1) is 18.5 Å². The molecule has 0 spiro atoms. The van der Waals surface area contributed by atoms with Gasteiger partial charge < -0.3 is 10.1 Å². The smallest absolute Gasteiger partial charge is 0.255 e. The van der Waals surface area contributed by atoms with E-state index in [9.17, 15) is 9.18 Å². The summed E-state index contributed by atoms with van der Waals surface area (Å²) < 4.78 is 18.4. The van der Waals surface area contributed by atoms with Crippen molar-refractivity contribution in [1.82, 2.24) is 10.2 Å². The van der Waals surface area contributed by atoms with Crippen molar-refractivity contribution in [3.8, 4) is 17.0 Å². The molecule has 1 aliphatic rings. The first-order chi connectivity index (χ1) is 12.7. The summed E-state index contributed by atoms with van der Waals surface area (Å²) >= 11 is 0. The summed E-state index contributed by atoms with van der Waals surface area (Å²) in [6.45, 7) is 0. The lowest BCUT2D eigenvalue weighted by molar-refractivity contribution is 0.102. The molecule has 6 heteroatoms. The fourth-order valence-electron chi connectivity index (χ4n) is 2.89. The van der Waals surface area contributed by atoms with Gasteiger partial charge in [-0.25, -0.2) is 4.39 Å². The van der Waals surface area contributed by atoms with Crippen molar-refractivity contribution in [2.24, 2.45) is 0 Å². The fraction of sp³-hybridized carbons (Fsp3) is 0.200. The van der Waals surface area contributed by atoms with E-state index in [4.69, 9.17) is 4.74 Å². The molecule has 0 unspecified atom stereocenters. The first-order valence-electron chi connectivity index (χ1n) is 8.45. The number of amides is 1. The molecule has 0 atom stereocenters. The second-order valence-corrected chi connectivity index (χ2v) is 6.32. The van der Waals surface area contributed by atoms with Gasteiger partial charge in [-0.15, -0.1) is 0 Å². The zero-order valence-corrected chi connectivity index (χ0v) is 14.3. The maximum atomic E-state index is 13.2. The summed E-state index contributed by atoms with van der Waals surface area (Å²) in [5.41, 5.74) is 3.48.